The Morgan fingerprint density at radius 1 is 1.25 bits per heavy atom. The molecule has 2 aromatic heterocycles. The number of nitrogens with two attached hydrogens (primary N) is 1. The van der Waals surface area contributed by atoms with Crippen LogP contribution >= 0.6 is 0 Å². The molecule has 0 spiro atoms. The van der Waals surface area contributed by atoms with Crippen LogP contribution in [0.5, 0.6) is 0 Å². The van der Waals surface area contributed by atoms with Gasteiger partial charge in [-0.3, -0.25) is 4.79 Å². The van der Waals surface area contributed by atoms with Gasteiger partial charge in [0, 0.05) is 30.7 Å². The van der Waals surface area contributed by atoms with E-state index in [-0.39, 0.29) is 11.9 Å². The van der Waals surface area contributed by atoms with E-state index in [9.17, 15) is 4.79 Å². The van der Waals surface area contributed by atoms with E-state index >= 15 is 0 Å². The number of nitrogen functional groups attached to an aromatic ring is 1. The third-order valence-corrected chi connectivity index (χ3v) is 4.11. The number of benzene rings is 1. The SMILES string of the molecule is Nc1ncc2c(n1)CN(C(=O)c1cccc(-n3cccn3)c1)CC2. The molecule has 24 heavy (non-hydrogen) atoms. The summed E-state index contributed by atoms with van der Waals surface area (Å²) in [6, 6.07) is 9.30. The average molecular weight is 320 g/mol. The summed E-state index contributed by atoms with van der Waals surface area (Å²) in [7, 11) is 0. The van der Waals surface area contributed by atoms with E-state index in [4.69, 9.17) is 5.73 Å². The zero-order valence-electron chi connectivity index (χ0n) is 13.0. The van der Waals surface area contributed by atoms with Gasteiger partial charge in [0.05, 0.1) is 17.9 Å². The fourth-order valence-corrected chi connectivity index (χ4v) is 2.88. The lowest BCUT2D eigenvalue weighted by molar-refractivity contribution is 0.0731. The molecule has 7 heteroatoms. The normalized spacial score (nSPS) is 13.6. The molecule has 0 saturated heterocycles. The van der Waals surface area contributed by atoms with Gasteiger partial charge >= 0.3 is 0 Å². The smallest absolute Gasteiger partial charge is 0.254 e. The van der Waals surface area contributed by atoms with Gasteiger partial charge in [-0.15, -0.1) is 0 Å². The zero-order chi connectivity index (χ0) is 16.5. The molecule has 1 aliphatic rings. The summed E-state index contributed by atoms with van der Waals surface area (Å²) in [5.74, 6) is 0.218. The molecule has 120 valence electrons. The molecule has 1 aromatic carbocycles. The van der Waals surface area contributed by atoms with Crippen LogP contribution in [0.25, 0.3) is 5.69 Å². The van der Waals surface area contributed by atoms with Crippen LogP contribution in [0.1, 0.15) is 21.6 Å². The van der Waals surface area contributed by atoms with Crippen LogP contribution in [0.3, 0.4) is 0 Å². The second kappa shape index (κ2) is 5.77. The number of aromatic nitrogens is 4. The Morgan fingerprint density at radius 2 is 2.17 bits per heavy atom. The minimum Gasteiger partial charge on any atom is -0.368 e. The Hall–Kier alpha value is -3.22. The highest BCUT2D eigenvalue weighted by Gasteiger charge is 2.23. The van der Waals surface area contributed by atoms with Gasteiger partial charge in [0.25, 0.3) is 5.91 Å². The number of amides is 1. The van der Waals surface area contributed by atoms with Crippen LogP contribution < -0.4 is 5.73 Å². The van der Waals surface area contributed by atoms with Crippen LogP contribution in [0.15, 0.2) is 48.9 Å². The first-order chi connectivity index (χ1) is 11.7. The number of carbonyl (C=O) groups is 1. The van der Waals surface area contributed by atoms with Crippen molar-refractivity contribution in [3.8, 4) is 5.69 Å². The maximum Gasteiger partial charge on any atom is 0.254 e. The Balaban J connectivity index is 1.60. The van der Waals surface area contributed by atoms with Gasteiger partial charge in [0.1, 0.15) is 0 Å². The first-order valence-corrected chi connectivity index (χ1v) is 7.70. The molecule has 1 aliphatic heterocycles. The first-order valence-electron chi connectivity index (χ1n) is 7.70. The second-order valence-corrected chi connectivity index (χ2v) is 5.68. The largest absolute Gasteiger partial charge is 0.368 e. The maximum absolute atomic E-state index is 12.8. The summed E-state index contributed by atoms with van der Waals surface area (Å²) >= 11 is 0. The molecule has 0 aliphatic carbocycles. The lowest BCUT2D eigenvalue weighted by Gasteiger charge is -2.28. The molecular formula is C17H16N6O. The molecule has 2 N–H and O–H groups in total. The van der Waals surface area contributed by atoms with E-state index in [1.165, 1.54) is 0 Å². The minimum absolute atomic E-state index is 0.0214. The van der Waals surface area contributed by atoms with Gasteiger partial charge in [-0.1, -0.05) is 6.07 Å². The highest BCUT2D eigenvalue weighted by atomic mass is 16.2. The summed E-state index contributed by atoms with van der Waals surface area (Å²) < 4.78 is 1.73. The van der Waals surface area contributed by atoms with Crippen molar-refractivity contribution in [1.29, 1.82) is 0 Å². The molecule has 0 bridgehead atoms. The molecule has 0 fully saturated rings. The molecule has 3 heterocycles. The van der Waals surface area contributed by atoms with E-state index in [0.717, 1.165) is 23.4 Å². The van der Waals surface area contributed by atoms with Gasteiger partial charge in [-0.25, -0.2) is 14.6 Å². The number of fused-ring (bicyclic) bond motifs is 1. The Labute approximate surface area is 138 Å². The fourth-order valence-electron chi connectivity index (χ4n) is 2.88. The number of carbonyl (C=O) groups excluding carboxylic acids is 1. The van der Waals surface area contributed by atoms with E-state index in [0.29, 0.717) is 18.7 Å². The molecule has 4 rings (SSSR count). The molecule has 0 radical (unpaired) electrons. The highest BCUT2D eigenvalue weighted by molar-refractivity contribution is 5.94. The molecule has 0 unspecified atom stereocenters. The monoisotopic (exact) mass is 320 g/mol. The predicted octanol–water partition coefficient (Wildman–Crippen LogP) is 1.44. The van der Waals surface area contributed by atoms with Crippen molar-refractivity contribution < 1.29 is 4.79 Å². The number of nitrogens with zero attached hydrogens (tertiary/aromatic N) is 5. The topological polar surface area (TPSA) is 89.9 Å². The van der Waals surface area contributed by atoms with Crippen LogP contribution in [0.4, 0.5) is 5.95 Å². The molecule has 1 amide bonds. The molecule has 3 aromatic rings. The summed E-state index contributed by atoms with van der Waals surface area (Å²) in [5, 5.41) is 4.20. The third-order valence-electron chi connectivity index (χ3n) is 4.11. The van der Waals surface area contributed by atoms with Crippen LogP contribution in [-0.2, 0) is 13.0 Å². The highest BCUT2D eigenvalue weighted by Crippen LogP contribution is 2.20. The molecule has 0 atom stereocenters. The second-order valence-electron chi connectivity index (χ2n) is 5.68. The van der Waals surface area contributed by atoms with Gasteiger partial charge < -0.3 is 10.6 Å². The number of hydrogen-bond acceptors (Lipinski definition) is 5. The Kier molecular flexibility index (Phi) is 3.45. The first kappa shape index (κ1) is 14.4. The van der Waals surface area contributed by atoms with Crippen molar-refractivity contribution in [3.63, 3.8) is 0 Å². The number of anilines is 1. The van der Waals surface area contributed by atoms with Gasteiger partial charge in [-0.2, -0.15) is 5.10 Å². The van der Waals surface area contributed by atoms with Gasteiger partial charge in [0.2, 0.25) is 5.95 Å². The molecule has 0 saturated carbocycles. The summed E-state index contributed by atoms with van der Waals surface area (Å²) in [6.45, 7) is 1.10. The zero-order valence-corrected chi connectivity index (χ0v) is 13.0. The van der Waals surface area contributed by atoms with E-state index < -0.39 is 0 Å². The van der Waals surface area contributed by atoms with Crippen molar-refractivity contribution in [3.05, 3.63) is 65.7 Å². The van der Waals surface area contributed by atoms with Crippen molar-refractivity contribution in [1.82, 2.24) is 24.6 Å². The van der Waals surface area contributed by atoms with E-state index in [1.807, 2.05) is 36.5 Å². The number of hydrogen-bond donors (Lipinski definition) is 1. The third kappa shape index (κ3) is 2.60. The average Bonchev–Trinajstić information content (AvgIpc) is 3.15. The summed E-state index contributed by atoms with van der Waals surface area (Å²) in [5.41, 5.74) is 9.02. The van der Waals surface area contributed by atoms with E-state index in [2.05, 4.69) is 15.1 Å². The molecular weight excluding hydrogens is 304 g/mol. The number of rotatable bonds is 2. The maximum atomic E-state index is 12.8. The van der Waals surface area contributed by atoms with Crippen LogP contribution in [0, 0.1) is 0 Å². The Morgan fingerprint density at radius 3 is 3.00 bits per heavy atom. The lowest BCUT2D eigenvalue weighted by atomic mass is 10.1. The van der Waals surface area contributed by atoms with Crippen LogP contribution in [0.2, 0.25) is 0 Å². The Bertz CT molecular complexity index is 890. The standard InChI is InChI=1S/C17H16N6O/c18-17-19-10-13-5-8-22(11-15(13)21-17)16(24)12-3-1-4-14(9-12)23-7-2-6-20-23/h1-4,6-7,9-10H,5,8,11H2,(H2,18,19,21). The quantitative estimate of drug-likeness (QED) is 0.771. The molecule has 7 nitrogen and oxygen atoms in total. The van der Waals surface area contributed by atoms with Crippen molar-refractivity contribution >= 4 is 11.9 Å². The van der Waals surface area contributed by atoms with Gasteiger partial charge in [0.15, 0.2) is 0 Å². The van der Waals surface area contributed by atoms with E-state index in [1.54, 1.807) is 22.0 Å². The van der Waals surface area contributed by atoms with Crippen molar-refractivity contribution in [2.24, 2.45) is 0 Å². The predicted molar refractivity (Wildman–Crippen MR) is 88.5 cm³/mol. The summed E-state index contributed by atoms with van der Waals surface area (Å²) in [4.78, 5) is 22.9. The van der Waals surface area contributed by atoms with Crippen LogP contribution in [-0.4, -0.2) is 37.1 Å². The van der Waals surface area contributed by atoms with Crippen molar-refractivity contribution in [2.75, 3.05) is 12.3 Å². The van der Waals surface area contributed by atoms with Gasteiger partial charge in [-0.05, 0) is 36.2 Å². The fraction of sp³-hybridized carbons (Fsp3) is 0.176. The minimum atomic E-state index is -0.0214. The summed E-state index contributed by atoms with van der Waals surface area (Å²) in [6.07, 6.45) is 6.04. The van der Waals surface area contributed by atoms with Crippen molar-refractivity contribution in [2.45, 2.75) is 13.0 Å². The lowest BCUT2D eigenvalue weighted by Crippen LogP contribution is -2.36.